The van der Waals surface area contributed by atoms with Crippen LogP contribution in [0, 0.1) is 0 Å². The molecule has 2 aliphatic heterocycles. The average Bonchev–Trinajstić information content (AvgIpc) is 3.25. The summed E-state index contributed by atoms with van der Waals surface area (Å²) in [5.74, 6) is -0.801. The van der Waals surface area contributed by atoms with Crippen LogP contribution in [0.15, 0.2) is 78.9 Å². The van der Waals surface area contributed by atoms with Crippen LogP contribution >= 0.6 is 47.2 Å². The lowest BCUT2D eigenvalue weighted by Gasteiger charge is -2.36. The number of rotatable bonds is 7. The van der Waals surface area contributed by atoms with Crippen molar-refractivity contribution in [2.45, 2.75) is 18.2 Å². The standard InChI is InChI=1S/C31H27Cl2N3O3S2/c32-24-10-6-22(26(33)18-24)9-13-27(37)23-7-11-25(12-8-23)36-29(38)19-28(30(36)39)41-31(40)35-16-14-34(15-17-35)20-21-4-2-1-3-5-21/h1-13,18,28H,14-17,19-20H2/b13-9+. The number of piperazine rings is 1. The number of hydrogen-bond acceptors (Lipinski definition) is 6. The molecule has 2 saturated heterocycles. The highest BCUT2D eigenvalue weighted by Gasteiger charge is 2.41. The summed E-state index contributed by atoms with van der Waals surface area (Å²) in [4.78, 5) is 44.4. The van der Waals surface area contributed by atoms with Gasteiger partial charge in [0.05, 0.1) is 5.69 Å². The Morgan fingerprint density at radius 3 is 2.34 bits per heavy atom. The molecule has 10 heteroatoms. The number of hydrogen-bond donors (Lipinski definition) is 0. The molecule has 41 heavy (non-hydrogen) atoms. The predicted octanol–water partition coefficient (Wildman–Crippen LogP) is 6.36. The number of carbonyl (C=O) groups is 3. The first-order valence-electron chi connectivity index (χ1n) is 13.1. The predicted molar refractivity (Wildman–Crippen MR) is 171 cm³/mol. The summed E-state index contributed by atoms with van der Waals surface area (Å²) in [5.41, 5.74) is 2.81. The van der Waals surface area contributed by atoms with Gasteiger partial charge in [-0.25, -0.2) is 4.90 Å². The summed E-state index contributed by atoms with van der Waals surface area (Å²) < 4.78 is 0.644. The van der Waals surface area contributed by atoms with E-state index in [1.54, 1.807) is 48.5 Å². The third-order valence-electron chi connectivity index (χ3n) is 7.01. The van der Waals surface area contributed by atoms with Crippen molar-refractivity contribution < 1.29 is 14.4 Å². The minimum absolute atomic E-state index is 0.0862. The molecule has 0 spiro atoms. The van der Waals surface area contributed by atoms with Crippen molar-refractivity contribution in [3.8, 4) is 0 Å². The Morgan fingerprint density at radius 2 is 1.66 bits per heavy atom. The van der Waals surface area contributed by atoms with Crippen molar-refractivity contribution in [2.75, 3.05) is 31.1 Å². The van der Waals surface area contributed by atoms with Crippen LogP contribution in [0.2, 0.25) is 10.0 Å². The van der Waals surface area contributed by atoms with Gasteiger partial charge in [-0.2, -0.15) is 0 Å². The highest BCUT2D eigenvalue weighted by molar-refractivity contribution is 8.23. The number of allylic oxidation sites excluding steroid dienone is 1. The first kappa shape index (κ1) is 29.5. The molecule has 210 valence electrons. The summed E-state index contributed by atoms with van der Waals surface area (Å²) in [6, 6.07) is 21.8. The number of anilines is 1. The molecule has 2 aliphatic rings. The summed E-state index contributed by atoms with van der Waals surface area (Å²) in [7, 11) is 0. The zero-order chi connectivity index (χ0) is 28.9. The van der Waals surface area contributed by atoms with E-state index in [0.29, 0.717) is 31.2 Å². The molecule has 6 nitrogen and oxygen atoms in total. The second-order valence-electron chi connectivity index (χ2n) is 9.80. The summed E-state index contributed by atoms with van der Waals surface area (Å²) >= 11 is 19.1. The number of nitrogens with zero attached hydrogens (tertiary/aromatic N) is 3. The monoisotopic (exact) mass is 623 g/mol. The fourth-order valence-electron chi connectivity index (χ4n) is 4.77. The molecule has 0 aromatic heterocycles. The van der Waals surface area contributed by atoms with Gasteiger partial charge < -0.3 is 4.90 Å². The van der Waals surface area contributed by atoms with E-state index in [4.69, 9.17) is 35.4 Å². The van der Waals surface area contributed by atoms with Gasteiger partial charge in [-0.05, 0) is 59.7 Å². The van der Waals surface area contributed by atoms with Gasteiger partial charge in [-0.1, -0.05) is 83.6 Å². The van der Waals surface area contributed by atoms with Crippen molar-refractivity contribution in [3.05, 3.63) is 106 Å². The molecule has 0 saturated carbocycles. The second-order valence-corrected chi connectivity index (χ2v) is 12.5. The highest BCUT2D eigenvalue weighted by Crippen LogP contribution is 2.32. The fraction of sp³-hybridized carbons (Fsp3) is 0.226. The lowest BCUT2D eigenvalue weighted by atomic mass is 10.1. The zero-order valence-electron chi connectivity index (χ0n) is 22.0. The van der Waals surface area contributed by atoms with E-state index in [1.807, 2.05) is 18.2 Å². The van der Waals surface area contributed by atoms with Gasteiger partial charge in [0, 0.05) is 54.8 Å². The molecule has 3 aromatic rings. The van der Waals surface area contributed by atoms with Crippen molar-refractivity contribution in [3.63, 3.8) is 0 Å². The Balaban J connectivity index is 1.15. The van der Waals surface area contributed by atoms with Gasteiger partial charge in [-0.3, -0.25) is 19.3 Å². The second kappa shape index (κ2) is 13.3. The van der Waals surface area contributed by atoms with Gasteiger partial charge in [0.1, 0.15) is 9.57 Å². The Kier molecular flexibility index (Phi) is 9.57. The van der Waals surface area contributed by atoms with E-state index < -0.39 is 5.25 Å². The summed E-state index contributed by atoms with van der Waals surface area (Å²) in [6.45, 7) is 4.23. The molecular formula is C31H27Cl2N3O3S2. The minimum Gasteiger partial charge on any atom is -0.355 e. The van der Waals surface area contributed by atoms with Crippen LogP contribution in [0.25, 0.3) is 6.08 Å². The van der Waals surface area contributed by atoms with Gasteiger partial charge >= 0.3 is 0 Å². The van der Waals surface area contributed by atoms with Crippen LogP contribution in [-0.2, 0) is 16.1 Å². The molecule has 0 bridgehead atoms. The van der Waals surface area contributed by atoms with Crippen molar-refractivity contribution >= 4 is 80.9 Å². The molecule has 2 amide bonds. The maximum absolute atomic E-state index is 13.2. The SMILES string of the molecule is O=C(/C=C/c1ccc(Cl)cc1Cl)c1ccc(N2C(=O)CC(SC(=S)N3CCN(Cc4ccccc4)CC3)C2=O)cc1. The van der Waals surface area contributed by atoms with Gasteiger partial charge in [0.25, 0.3) is 0 Å². The molecule has 2 fully saturated rings. The van der Waals surface area contributed by atoms with Gasteiger partial charge in [0.15, 0.2) is 5.78 Å². The first-order valence-corrected chi connectivity index (χ1v) is 15.2. The van der Waals surface area contributed by atoms with E-state index in [1.165, 1.54) is 28.3 Å². The third kappa shape index (κ3) is 7.26. The molecule has 2 heterocycles. The number of ketones is 1. The average molecular weight is 625 g/mol. The Bertz CT molecular complexity index is 1490. The number of thiocarbonyl (C=S) groups is 1. The summed E-state index contributed by atoms with van der Waals surface area (Å²) in [6.07, 6.45) is 3.13. The molecule has 0 aliphatic carbocycles. The van der Waals surface area contributed by atoms with E-state index in [-0.39, 0.29) is 24.0 Å². The molecule has 1 atom stereocenters. The maximum atomic E-state index is 13.2. The highest BCUT2D eigenvalue weighted by atomic mass is 35.5. The number of halogens is 2. The molecule has 0 N–H and O–H groups in total. The molecule has 1 unspecified atom stereocenters. The molecule has 5 rings (SSSR count). The zero-order valence-corrected chi connectivity index (χ0v) is 25.2. The topological polar surface area (TPSA) is 60.9 Å². The maximum Gasteiger partial charge on any atom is 0.247 e. The largest absolute Gasteiger partial charge is 0.355 e. The van der Waals surface area contributed by atoms with E-state index in [9.17, 15) is 14.4 Å². The van der Waals surface area contributed by atoms with Crippen LogP contribution in [0.3, 0.4) is 0 Å². The van der Waals surface area contributed by atoms with Gasteiger partial charge in [0.2, 0.25) is 11.8 Å². The van der Waals surface area contributed by atoms with Crippen LogP contribution in [0.5, 0.6) is 0 Å². The number of amides is 2. The summed E-state index contributed by atoms with van der Waals surface area (Å²) in [5, 5.41) is 0.394. The van der Waals surface area contributed by atoms with E-state index >= 15 is 0 Å². The molecule has 0 radical (unpaired) electrons. The Morgan fingerprint density at radius 1 is 0.951 bits per heavy atom. The minimum atomic E-state index is -0.564. The number of benzene rings is 3. The number of carbonyl (C=O) groups excluding carboxylic acids is 3. The van der Waals surface area contributed by atoms with Crippen LogP contribution < -0.4 is 4.90 Å². The fourth-order valence-corrected chi connectivity index (χ4v) is 6.78. The number of thioether (sulfide) groups is 1. The lowest BCUT2D eigenvalue weighted by molar-refractivity contribution is -0.121. The van der Waals surface area contributed by atoms with Gasteiger partial charge in [-0.15, -0.1) is 0 Å². The third-order valence-corrected chi connectivity index (χ3v) is 9.24. The molecular weight excluding hydrogens is 597 g/mol. The van der Waals surface area contributed by atoms with E-state index in [2.05, 4.69) is 21.9 Å². The smallest absolute Gasteiger partial charge is 0.247 e. The normalized spacial score (nSPS) is 18.0. The van der Waals surface area contributed by atoms with Crippen LogP contribution in [-0.4, -0.2) is 63.1 Å². The molecule has 3 aromatic carbocycles. The van der Waals surface area contributed by atoms with Crippen LogP contribution in [0.4, 0.5) is 5.69 Å². The van der Waals surface area contributed by atoms with Crippen LogP contribution in [0.1, 0.15) is 27.9 Å². The van der Waals surface area contributed by atoms with Crippen molar-refractivity contribution in [2.24, 2.45) is 0 Å². The van der Waals surface area contributed by atoms with Crippen molar-refractivity contribution in [1.82, 2.24) is 9.80 Å². The Hall–Kier alpha value is -3.01. The lowest BCUT2D eigenvalue weighted by Crippen LogP contribution is -2.47. The van der Waals surface area contributed by atoms with E-state index in [0.717, 1.165) is 32.7 Å². The first-order chi connectivity index (χ1) is 19.8. The Labute approximate surface area is 258 Å². The van der Waals surface area contributed by atoms with Crippen molar-refractivity contribution in [1.29, 1.82) is 0 Å². The quantitative estimate of drug-likeness (QED) is 0.131. The number of imide groups is 1.